The molecule has 268 valence electrons. The summed E-state index contributed by atoms with van der Waals surface area (Å²) >= 11 is 0. The highest BCUT2D eigenvalue weighted by Crippen LogP contribution is 2.56. The van der Waals surface area contributed by atoms with Crippen LogP contribution in [0, 0.1) is 0 Å². The average Bonchev–Trinajstić information content (AvgIpc) is 3.86. The van der Waals surface area contributed by atoms with Gasteiger partial charge < -0.3 is 9.32 Å². The van der Waals surface area contributed by atoms with Crippen LogP contribution in [0.3, 0.4) is 0 Å². The molecule has 57 heavy (non-hydrogen) atoms. The number of rotatable bonds is 7. The molecule has 0 bridgehead atoms. The van der Waals surface area contributed by atoms with Gasteiger partial charge in [-0.15, -0.1) is 0 Å². The molecule has 1 aliphatic carbocycles. The highest BCUT2D eigenvalue weighted by molar-refractivity contribution is 6.15. The fourth-order valence-corrected chi connectivity index (χ4v) is 9.04. The number of anilines is 3. The third-order valence-electron chi connectivity index (χ3n) is 11.5. The topological polar surface area (TPSA) is 16.4 Å². The summed E-state index contributed by atoms with van der Waals surface area (Å²) in [7, 11) is 0. The average molecular weight is 728 g/mol. The third kappa shape index (κ3) is 5.49. The molecule has 1 aromatic heterocycles. The zero-order chi connectivity index (χ0) is 37.7. The molecule has 0 unspecified atom stereocenters. The summed E-state index contributed by atoms with van der Waals surface area (Å²) in [4.78, 5) is 2.58. The van der Waals surface area contributed by atoms with Crippen molar-refractivity contribution in [2.75, 3.05) is 4.90 Å². The standard InChI is InChI=1S/C55H37NO/c1-4-19-37(20-5-1)42-27-12-15-31-49(42)56(50-32-16-13-28-43(50)44-30-18-34-52-54(44)45-29-14-17-33-51(45)57-52)55-48-35-40-25-10-11-26-41(40)47(48)36-46(38-21-6-2-7-22-38)53(55)39-23-8-3-9-24-39/h1-34,36H,35H2. The van der Waals surface area contributed by atoms with Gasteiger partial charge in [-0.3, -0.25) is 0 Å². The normalized spacial score (nSPS) is 11.8. The number of fused-ring (bicyclic) bond motifs is 6. The van der Waals surface area contributed by atoms with Gasteiger partial charge >= 0.3 is 0 Å². The summed E-state index contributed by atoms with van der Waals surface area (Å²) in [5.74, 6) is 0. The van der Waals surface area contributed by atoms with Crippen LogP contribution in [0.5, 0.6) is 0 Å². The highest BCUT2D eigenvalue weighted by Gasteiger charge is 2.33. The van der Waals surface area contributed by atoms with E-state index in [2.05, 4.69) is 211 Å². The second-order valence-electron chi connectivity index (χ2n) is 14.8. The molecule has 10 aromatic rings. The lowest BCUT2D eigenvalue weighted by Gasteiger charge is -2.34. The minimum Gasteiger partial charge on any atom is -0.456 e. The molecule has 0 fully saturated rings. The maximum absolute atomic E-state index is 6.49. The van der Waals surface area contributed by atoms with Crippen LogP contribution in [0.4, 0.5) is 17.1 Å². The Morgan fingerprint density at radius 2 is 0.895 bits per heavy atom. The van der Waals surface area contributed by atoms with Gasteiger partial charge in [0.1, 0.15) is 11.2 Å². The summed E-state index contributed by atoms with van der Waals surface area (Å²) in [6, 6.07) is 76.8. The molecule has 1 aliphatic rings. The zero-order valence-corrected chi connectivity index (χ0v) is 31.3. The van der Waals surface area contributed by atoms with Crippen LogP contribution in [-0.4, -0.2) is 0 Å². The van der Waals surface area contributed by atoms with Gasteiger partial charge in [-0.25, -0.2) is 0 Å². The Balaban J connectivity index is 1.31. The Hall–Kier alpha value is -7.42. The van der Waals surface area contributed by atoms with Gasteiger partial charge in [0.15, 0.2) is 0 Å². The maximum atomic E-state index is 6.49. The van der Waals surface area contributed by atoms with Gasteiger partial charge in [-0.1, -0.05) is 182 Å². The van der Waals surface area contributed by atoms with Crippen molar-refractivity contribution in [2.45, 2.75) is 6.42 Å². The van der Waals surface area contributed by atoms with Crippen molar-refractivity contribution in [1.29, 1.82) is 0 Å². The van der Waals surface area contributed by atoms with E-state index >= 15 is 0 Å². The predicted octanol–water partition coefficient (Wildman–Crippen LogP) is 15.3. The molecule has 2 heteroatoms. The number of furan rings is 1. The van der Waals surface area contributed by atoms with Gasteiger partial charge in [-0.05, 0) is 80.4 Å². The number of nitrogens with zero attached hydrogens (tertiary/aromatic N) is 1. The van der Waals surface area contributed by atoms with Crippen LogP contribution < -0.4 is 4.90 Å². The van der Waals surface area contributed by atoms with E-state index in [9.17, 15) is 0 Å². The van der Waals surface area contributed by atoms with Gasteiger partial charge in [-0.2, -0.15) is 0 Å². The van der Waals surface area contributed by atoms with E-state index in [-0.39, 0.29) is 0 Å². The first-order valence-corrected chi connectivity index (χ1v) is 19.6. The lowest BCUT2D eigenvalue weighted by Crippen LogP contribution is -2.16. The Labute approximate surface area is 332 Å². The number of para-hydroxylation sites is 3. The van der Waals surface area contributed by atoms with Crippen molar-refractivity contribution in [3.8, 4) is 55.6 Å². The van der Waals surface area contributed by atoms with E-state index in [1.807, 2.05) is 6.07 Å². The smallest absolute Gasteiger partial charge is 0.136 e. The van der Waals surface area contributed by atoms with Crippen LogP contribution in [0.2, 0.25) is 0 Å². The van der Waals surface area contributed by atoms with Crippen molar-refractivity contribution in [3.05, 3.63) is 223 Å². The molecule has 0 spiro atoms. The van der Waals surface area contributed by atoms with E-state index in [4.69, 9.17) is 4.42 Å². The van der Waals surface area contributed by atoms with E-state index in [0.29, 0.717) is 0 Å². The lowest BCUT2D eigenvalue weighted by molar-refractivity contribution is 0.669. The summed E-state index contributed by atoms with van der Waals surface area (Å²) in [6.45, 7) is 0. The van der Waals surface area contributed by atoms with E-state index in [0.717, 1.165) is 56.4 Å². The third-order valence-corrected chi connectivity index (χ3v) is 11.5. The van der Waals surface area contributed by atoms with Crippen LogP contribution in [0.25, 0.3) is 77.6 Å². The number of hydrogen-bond acceptors (Lipinski definition) is 2. The molecule has 0 saturated heterocycles. The number of benzene rings is 9. The highest BCUT2D eigenvalue weighted by atomic mass is 16.3. The lowest BCUT2D eigenvalue weighted by atomic mass is 9.86. The molecule has 0 N–H and O–H groups in total. The van der Waals surface area contributed by atoms with Crippen molar-refractivity contribution in [2.24, 2.45) is 0 Å². The molecule has 0 amide bonds. The largest absolute Gasteiger partial charge is 0.456 e. The predicted molar refractivity (Wildman–Crippen MR) is 238 cm³/mol. The Bertz CT molecular complexity index is 3090. The number of hydrogen-bond donors (Lipinski definition) is 0. The molecular weight excluding hydrogens is 691 g/mol. The summed E-state index contributed by atoms with van der Waals surface area (Å²) in [6.07, 6.45) is 0.823. The monoisotopic (exact) mass is 727 g/mol. The Kier molecular flexibility index (Phi) is 7.93. The first-order valence-electron chi connectivity index (χ1n) is 19.6. The fraction of sp³-hybridized carbons (Fsp3) is 0.0182. The van der Waals surface area contributed by atoms with Crippen LogP contribution >= 0.6 is 0 Å². The second kappa shape index (κ2) is 13.7. The van der Waals surface area contributed by atoms with Crippen molar-refractivity contribution >= 4 is 39.0 Å². The van der Waals surface area contributed by atoms with E-state index < -0.39 is 0 Å². The van der Waals surface area contributed by atoms with Gasteiger partial charge in [0.2, 0.25) is 0 Å². The Morgan fingerprint density at radius 1 is 0.368 bits per heavy atom. The van der Waals surface area contributed by atoms with E-state index in [1.54, 1.807) is 0 Å². The first kappa shape index (κ1) is 33.0. The van der Waals surface area contributed by atoms with Crippen molar-refractivity contribution in [1.82, 2.24) is 0 Å². The van der Waals surface area contributed by atoms with Gasteiger partial charge in [0, 0.05) is 33.9 Å². The van der Waals surface area contributed by atoms with E-state index in [1.165, 1.54) is 55.8 Å². The van der Waals surface area contributed by atoms with Crippen molar-refractivity contribution in [3.63, 3.8) is 0 Å². The SMILES string of the molecule is c1ccc(-c2ccccc2N(c2ccccc2-c2cccc3oc4ccccc4c23)c2c3c(cc(-c4ccccc4)c2-c2ccccc2)-c2ccccc2C3)cc1. The molecule has 1 heterocycles. The fourth-order valence-electron chi connectivity index (χ4n) is 9.04. The zero-order valence-electron chi connectivity index (χ0n) is 31.3. The van der Waals surface area contributed by atoms with Gasteiger partial charge in [0.05, 0.1) is 17.1 Å². The molecule has 0 radical (unpaired) electrons. The summed E-state index contributed by atoms with van der Waals surface area (Å²) in [5.41, 5.74) is 19.8. The van der Waals surface area contributed by atoms with Crippen molar-refractivity contribution < 1.29 is 4.42 Å². The molecular formula is C55H37NO. The van der Waals surface area contributed by atoms with Crippen LogP contribution in [-0.2, 0) is 6.42 Å². The molecule has 0 atom stereocenters. The second-order valence-corrected chi connectivity index (χ2v) is 14.8. The van der Waals surface area contributed by atoms with Crippen LogP contribution in [0.1, 0.15) is 11.1 Å². The maximum Gasteiger partial charge on any atom is 0.136 e. The molecule has 0 aliphatic heterocycles. The minimum absolute atomic E-state index is 0.823. The molecule has 0 saturated carbocycles. The molecule has 11 rings (SSSR count). The molecule has 2 nitrogen and oxygen atoms in total. The Morgan fingerprint density at radius 3 is 1.63 bits per heavy atom. The molecule has 9 aromatic carbocycles. The van der Waals surface area contributed by atoms with Crippen LogP contribution in [0.15, 0.2) is 217 Å². The van der Waals surface area contributed by atoms with Gasteiger partial charge in [0.25, 0.3) is 0 Å². The summed E-state index contributed by atoms with van der Waals surface area (Å²) < 4.78 is 6.49. The first-order chi connectivity index (χ1) is 28.3. The minimum atomic E-state index is 0.823. The quantitative estimate of drug-likeness (QED) is 0.163. The summed E-state index contributed by atoms with van der Waals surface area (Å²) in [5, 5.41) is 2.23.